The highest BCUT2D eigenvalue weighted by molar-refractivity contribution is 5.93. The number of carbonyl (C=O) groups excluding carboxylic acids is 2. The van der Waals surface area contributed by atoms with Crippen molar-refractivity contribution in [1.29, 1.82) is 0 Å². The van der Waals surface area contributed by atoms with Gasteiger partial charge in [0.25, 0.3) is 5.91 Å². The van der Waals surface area contributed by atoms with Gasteiger partial charge in [-0.1, -0.05) is 12.1 Å². The van der Waals surface area contributed by atoms with E-state index in [-0.39, 0.29) is 47.8 Å². The van der Waals surface area contributed by atoms with Crippen molar-refractivity contribution in [3.05, 3.63) is 102 Å². The molecule has 4 heterocycles. The molecule has 0 bridgehead atoms. The molecule has 1 saturated carbocycles. The lowest BCUT2D eigenvalue weighted by Crippen LogP contribution is -2.42. The molecule has 0 spiro atoms. The number of nitrogens with one attached hydrogen (secondary N) is 4. The number of benzene rings is 1. The lowest BCUT2D eigenvalue weighted by atomic mass is 9.91. The maximum Gasteiger partial charge on any atom is 0.407 e. The second-order valence-electron chi connectivity index (χ2n) is 11.4. The number of aromatic amines is 1. The van der Waals surface area contributed by atoms with Gasteiger partial charge in [-0.2, -0.15) is 0 Å². The van der Waals surface area contributed by atoms with Crippen molar-refractivity contribution >= 4 is 28.9 Å². The van der Waals surface area contributed by atoms with Crippen LogP contribution >= 0.6 is 0 Å². The number of fused-ring (bicyclic) bond motifs is 1. The van der Waals surface area contributed by atoms with Gasteiger partial charge in [-0.05, 0) is 74.1 Å². The van der Waals surface area contributed by atoms with E-state index in [1.165, 1.54) is 24.4 Å². The molecule has 0 radical (unpaired) electrons. The Bertz CT molecular complexity index is 1900. The van der Waals surface area contributed by atoms with Crippen molar-refractivity contribution < 1.29 is 27.5 Å². The van der Waals surface area contributed by atoms with E-state index in [0.717, 1.165) is 37.2 Å². The van der Waals surface area contributed by atoms with Gasteiger partial charge >= 0.3 is 6.09 Å². The summed E-state index contributed by atoms with van der Waals surface area (Å²) in [6, 6.07) is 9.51. The predicted molar refractivity (Wildman–Crippen MR) is 167 cm³/mol. The number of nitrogens with zero attached hydrogens (tertiary/aromatic N) is 4. The molecule has 1 aromatic carbocycles. The van der Waals surface area contributed by atoms with Gasteiger partial charge in [0.15, 0.2) is 17.5 Å². The Morgan fingerprint density at radius 3 is 2.64 bits per heavy atom. The lowest BCUT2D eigenvalue weighted by Gasteiger charge is -2.30. The minimum absolute atomic E-state index is 0.0103. The van der Waals surface area contributed by atoms with Crippen LogP contribution in [0.2, 0.25) is 0 Å². The maximum absolute atomic E-state index is 14.8. The van der Waals surface area contributed by atoms with Crippen LogP contribution in [0, 0.1) is 17.5 Å². The summed E-state index contributed by atoms with van der Waals surface area (Å²) >= 11 is 0. The molecule has 1 unspecified atom stereocenters. The second kappa shape index (κ2) is 13.8. The molecular formula is C33H31F3N8O3. The van der Waals surface area contributed by atoms with Crippen LogP contribution in [0.5, 0.6) is 0 Å². The maximum atomic E-state index is 14.8. The summed E-state index contributed by atoms with van der Waals surface area (Å²) in [5.74, 6) is -1.68. The fourth-order valence-corrected chi connectivity index (χ4v) is 5.56. The first-order valence-corrected chi connectivity index (χ1v) is 15.1. The number of aromatic nitrogens is 5. The van der Waals surface area contributed by atoms with E-state index in [2.05, 4.69) is 40.9 Å². The number of ether oxygens (including phenoxy) is 1. The smallest absolute Gasteiger partial charge is 0.407 e. The van der Waals surface area contributed by atoms with Crippen LogP contribution in [0.3, 0.4) is 0 Å². The Balaban J connectivity index is 1.03. The molecule has 4 aromatic heterocycles. The highest BCUT2D eigenvalue weighted by Crippen LogP contribution is 2.28. The molecule has 0 aliphatic heterocycles. The number of pyridine rings is 2. The summed E-state index contributed by atoms with van der Waals surface area (Å²) in [5.41, 5.74) is 2.41. The summed E-state index contributed by atoms with van der Waals surface area (Å²) in [6.45, 7) is 1.67. The van der Waals surface area contributed by atoms with E-state index in [9.17, 15) is 22.8 Å². The first kappa shape index (κ1) is 31.5. The van der Waals surface area contributed by atoms with E-state index in [1.54, 1.807) is 37.4 Å². The fourth-order valence-electron chi connectivity index (χ4n) is 5.56. The normalized spacial score (nSPS) is 16.8. The van der Waals surface area contributed by atoms with Crippen molar-refractivity contribution in [2.75, 3.05) is 5.32 Å². The van der Waals surface area contributed by atoms with E-state index in [0.29, 0.717) is 28.6 Å². The molecule has 242 valence electrons. The first-order valence-electron chi connectivity index (χ1n) is 15.1. The molecule has 1 fully saturated rings. The molecule has 5 aromatic rings. The summed E-state index contributed by atoms with van der Waals surface area (Å²) < 4.78 is 47.1. The highest BCUT2D eigenvalue weighted by atomic mass is 19.1. The van der Waals surface area contributed by atoms with Gasteiger partial charge in [0.1, 0.15) is 29.6 Å². The monoisotopic (exact) mass is 644 g/mol. The summed E-state index contributed by atoms with van der Waals surface area (Å²) in [6.07, 6.45) is 7.32. The number of H-pyrrole nitrogens is 1. The molecule has 1 aliphatic rings. The zero-order valence-corrected chi connectivity index (χ0v) is 25.3. The van der Waals surface area contributed by atoms with Gasteiger partial charge in [0, 0.05) is 35.4 Å². The van der Waals surface area contributed by atoms with E-state index >= 15 is 0 Å². The number of hydrogen-bond acceptors (Lipinski definition) is 8. The van der Waals surface area contributed by atoms with Crippen LogP contribution in [-0.2, 0) is 11.3 Å². The molecule has 0 saturated heterocycles. The van der Waals surface area contributed by atoms with Crippen molar-refractivity contribution in [2.24, 2.45) is 0 Å². The Hall–Kier alpha value is -5.53. The van der Waals surface area contributed by atoms with E-state index in [1.807, 2.05) is 0 Å². The topological polar surface area (TPSA) is 147 Å². The van der Waals surface area contributed by atoms with Crippen LogP contribution < -0.4 is 16.0 Å². The van der Waals surface area contributed by atoms with Crippen molar-refractivity contribution in [1.82, 2.24) is 35.6 Å². The molecule has 47 heavy (non-hydrogen) atoms. The third kappa shape index (κ3) is 7.65. The van der Waals surface area contributed by atoms with Crippen molar-refractivity contribution in [3.8, 4) is 11.4 Å². The third-order valence-electron chi connectivity index (χ3n) is 7.96. The SMILES string of the molecule is CC(NC(=O)OCc1ccnc(C(=O)N[C@H]2CCC[C@@H](Nc3nc(-c4c[nH]c5ncc(F)cc45)ncc3F)C2)c1)c1ccc(F)cc1. The molecule has 4 N–H and O–H groups in total. The van der Waals surface area contributed by atoms with Crippen molar-refractivity contribution in [2.45, 2.75) is 57.3 Å². The standard InChI is InChI=1S/C33H31F3N8O3/c1-18(20-5-7-21(34)8-6-20)41-33(46)47-17-19-9-10-37-28(11-19)32(45)43-24-4-2-3-23(13-24)42-31-27(36)16-40-30(44-31)26-15-39-29-25(26)12-22(35)14-38-29/h5-12,14-16,18,23-24H,2-4,13,17H2,1H3,(H,38,39)(H,41,46)(H,43,45)(H,40,42,44)/t18?,23-,24+/m1/s1. The Morgan fingerprint density at radius 1 is 1.00 bits per heavy atom. The van der Waals surface area contributed by atoms with Gasteiger partial charge in [-0.15, -0.1) is 0 Å². The molecule has 11 nitrogen and oxygen atoms in total. The molecule has 1 aliphatic carbocycles. The summed E-state index contributed by atoms with van der Waals surface area (Å²) in [5, 5.41) is 9.32. The quantitative estimate of drug-likeness (QED) is 0.153. The number of alkyl carbamates (subject to hydrolysis) is 1. The van der Waals surface area contributed by atoms with Crippen LogP contribution in [-0.4, -0.2) is 49.0 Å². The van der Waals surface area contributed by atoms with Crippen LogP contribution in [0.4, 0.5) is 23.8 Å². The lowest BCUT2D eigenvalue weighted by molar-refractivity contribution is 0.0921. The number of amides is 2. The second-order valence-corrected chi connectivity index (χ2v) is 11.4. The zero-order valence-electron chi connectivity index (χ0n) is 25.3. The summed E-state index contributed by atoms with van der Waals surface area (Å²) in [4.78, 5) is 45.0. The van der Waals surface area contributed by atoms with Gasteiger partial charge < -0.3 is 25.7 Å². The van der Waals surface area contributed by atoms with Gasteiger partial charge in [0.2, 0.25) is 0 Å². The minimum atomic E-state index is -0.662. The Morgan fingerprint density at radius 2 is 1.81 bits per heavy atom. The van der Waals surface area contributed by atoms with Crippen LogP contribution in [0.25, 0.3) is 22.4 Å². The number of halogens is 3. The highest BCUT2D eigenvalue weighted by Gasteiger charge is 2.26. The van der Waals surface area contributed by atoms with Crippen molar-refractivity contribution in [3.63, 3.8) is 0 Å². The molecule has 14 heteroatoms. The largest absolute Gasteiger partial charge is 0.445 e. The Kier molecular flexibility index (Phi) is 9.27. The van der Waals surface area contributed by atoms with Gasteiger partial charge in [0.05, 0.1) is 18.4 Å². The molecule has 3 atom stereocenters. The van der Waals surface area contributed by atoms with Crippen LogP contribution in [0.15, 0.2) is 67.3 Å². The van der Waals surface area contributed by atoms with E-state index < -0.39 is 23.8 Å². The average Bonchev–Trinajstić information content (AvgIpc) is 3.48. The molecule has 2 amide bonds. The van der Waals surface area contributed by atoms with Gasteiger partial charge in [-0.3, -0.25) is 9.78 Å². The molecule has 6 rings (SSSR count). The Labute approximate surface area is 267 Å². The number of anilines is 1. The third-order valence-corrected chi connectivity index (χ3v) is 7.96. The number of rotatable bonds is 9. The van der Waals surface area contributed by atoms with Gasteiger partial charge in [-0.25, -0.2) is 32.9 Å². The van der Waals surface area contributed by atoms with E-state index in [4.69, 9.17) is 4.74 Å². The number of hydrogen-bond donors (Lipinski definition) is 4. The number of carbonyl (C=O) groups is 2. The minimum Gasteiger partial charge on any atom is -0.445 e. The fraction of sp³-hybridized carbons (Fsp3) is 0.273. The average molecular weight is 645 g/mol. The van der Waals surface area contributed by atoms with Crippen LogP contribution in [0.1, 0.15) is 60.3 Å². The predicted octanol–water partition coefficient (Wildman–Crippen LogP) is 5.97. The summed E-state index contributed by atoms with van der Waals surface area (Å²) in [7, 11) is 0. The molecular weight excluding hydrogens is 613 g/mol. The zero-order chi connectivity index (χ0) is 32.9. The first-order chi connectivity index (χ1) is 22.7.